The molecule has 138 valence electrons. The average Bonchev–Trinajstić information content (AvgIpc) is 3.10. The predicted molar refractivity (Wildman–Crippen MR) is 101 cm³/mol. The van der Waals surface area contributed by atoms with Gasteiger partial charge >= 0.3 is 0 Å². The molecule has 1 saturated heterocycles. The number of hydrogen-bond acceptors (Lipinski definition) is 4. The first kappa shape index (κ1) is 18.7. The van der Waals surface area contributed by atoms with E-state index in [0.29, 0.717) is 35.0 Å². The monoisotopic (exact) mass is 394 g/mol. The summed E-state index contributed by atoms with van der Waals surface area (Å²) in [5.74, 6) is -0.266. The van der Waals surface area contributed by atoms with Crippen molar-refractivity contribution in [2.24, 2.45) is 0 Å². The van der Waals surface area contributed by atoms with Crippen molar-refractivity contribution < 1.29 is 17.9 Å². The Morgan fingerprint density at radius 2 is 2.00 bits per heavy atom. The van der Waals surface area contributed by atoms with Crippen LogP contribution in [0.1, 0.15) is 18.4 Å². The highest BCUT2D eigenvalue weighted by Gasteiger charge is 2.24. The number of carbonyl (C=O) groups excluding carboxylic acids is 1. The number of ether oxygens (including phenoxy) is 1. The Balaban J connectivity index is 1.83. The van der Waals surface area contributed by atoms with Crippen LogP contribution in [0.3, 0.4) is 0 Å². The lowest BCUT2D eigenvalue weighted by atomic mass is 10.2. The SMILES string of the molecule is Cc1ccc(NC(=O)C2CCCO2)cc1S(=O)(=O)Nc1cccc(Cl)c1. The summed E-state index contributed by atoms with van der Waals surface area (Å²) in [6.45, 7) is 2.26. The molecule has 0 bridgehead atoms. The molecule has 8 heteroatoms. The van der Waals surface area contributed by atoms with Crippen molar-refractivity contribution in [3.63, 3.8) is 0 Å². The molecule has 0 spiro atoms. The normalized spacial score (nSPS) is 17.1. The molecule has 6 nitrogen and oxygen atoms in total. The van der Waals surface area contributed by atoms with Crippen LogP contribution in [0.5, 0.6) is 0 Å². The minimum atomic E-state index is -3.83. The summed E-state index contributed by atoms with van der Waals surface area (Å²) < 4.78 is 33.3. The molecule has 1 heterocycles. The number of sulfonamides is 1. The smallest absolute Gasteiger partial charge is 0.262 e. The second kappa shape index (κ2) is 7.65. The van der Waals surface area contributed by atoms with Gasteiger partial charge in [0.2, 0.25) is 0 Å². The van der Waals surface area contributed by atoms with E-state index in [1.807, 2.05) is 0 Å². The van der Waals surface area contributed by atoms with E-state index in [9.17, 15) is 13.2 Å². The summed E-state index contributed by atoms with van der Waals surface area (Å²) in [6.07, 6.45) is 1.02. The van der Waals surface area contributed by atoms with Gasteiger partial charge in [-0.05, 0) is 55.7 Å². The van der Waals surface area contributed by atoms with Crippen molar-refractivity contribution in [3.05, 3.63) is 53.1 Å². The largest absolute Gasteiger partial charge is 0.368 e. The van der Waals surface area contributed by atoms with Gasteiger partial charge in [0.15, 0.2) is 0 Å². The van der Waals surface area contributed by atoms with Gasteiger partial charge in [-0.25, -0.2) is 8.42 Å². The van der Waals surface area contributed by atoms with Gasteiger partial charge in [0.1, 0.15) is 6.10 Å². The van der Waals surface area contributed by atoms with Crippen molar-refractivity contribution in [1.82, 2.24) is 0 Å². The number of anilines is 2. The Bertz CT molecular complexity index is 925. The van der Waals surface area contributed by atoms with Gasteiger partial charge in [-0.15, -0.1) is 0 Å². The van der Waals surface area contributed by atoms with Crippen molar-refractivity contribution in [1.29, 1.82) is 0 Å². The number of carbonyl (C=O) groups is 1. The van der Waals surface area contributed by atoms with E-state index < -0.39 is 16.1 Å². The topological polar surface area (TPSA) is 84.5 Å². The third-order valence-electron chi connectivity index (χ3n) is 4.04. The highest BCUT2D eigenvalue weighted by atomic mass is 35.5. The van der Waals surface area contributed by atoms with Gasteiger partial charge in [0.05, 0.1) is 10.6 Å². The van der Waals surface area contributed by atoms with Gasteiger partial charge in [-0.2, -0.15) is 0 Å². The molecule has 0 saturated carbocycles. The van der Waals surface area contributed by atoms with E-state index in [4.69, 9.17) is 16.3 Å². The average molecular weight is 395 g/mol. The molecular weight excluding hydrogens is 376 g/mol. The van der Waals surface area contributed by atoms with Crippen LogP contribution in [0.15, 0.2) is 47.4 Å². The van der Waals surface area contributed by atoms with E-state index in [1.165, 1.54) is 12.1 Å². The Hall–Kier alpha value is -2.09. The van der Waals surface area contributed by atoms with Crippen LogP contribution in [-0.2, 0) is 19.6 Å². The maximum absolute atomic E-state index is 12.7. The molecule has 1 amide bonds. The number of hydrogen-bond donors (Lipinski definition) is 2. The van der Waals surface area contributed by atoms with Crippen molar-refractivity contribution in [2.75, 3.05) is 16.6 Å². The predicted octanol–water partition coefficient (Wildman–Crippen LogP) is 3.57. The highest BCUT2D eigenvalue weighted by molar-refractivity contribution is 7.92. The number of halogens is 1. The number of benzene rings is 2. The number of aryl methyl sites for hydroxylation is 1. The molecule has 1 fully saturated rings. The molecule has 0 aliphatic carbocycles. The maximum Gasteiger partial charge on any atom is 0.262 e. The van der Waals surface area contributed by atoms with Crippen LogP contribution in [-0.4, -0.2) is 27.0 Å². The molecular formula is C18H19ClN2O4S. The fourth-order valence-corrected chi connectivity index (χ4v) is 4.25. The van der Waals surface area contributed by atoms with Crippen LogP contribution in [0.4, 0.5) is 11.4 Å². The van der Waals surface area contributed by atoms with Crippen LogP contribution in [0.2, 0.25) is 5.02 Å². The lowest BCUT2D eigenvalue weighted by Gasteiger charge is -2.14. The highest BCUT2D eigenvalue weighted by Crippen LogP contribution is 2.25. The van der Waals surface area contributed by atoms with Gasteiger partial charge in [0.25, 0.3) is 15.9 Å². The van der Waals surface area contributed by atoms with Gasteiger partial charge < -0.3 is 10.1 Å². The maximum atomic E-state index is 12.7. The van der Waals surface area contributed by atoms with Crippen LogP contribution in [0, 0.1) is 6.92 Å². The number of nitrogens with one attached hydrogen (secondary N) is 2. The fraction of sp³-hybridized carbons (Fsp3) is 0.278. The minimum absolute atomic E-state index is 0.0858. The molecule has 3 rings (SSSR count). The fourth-order valence-electron chi connectivity index (χ4n) is 2.74. The summed E-state index contributed by atoms with van der Waals surface area (Å²) in [4.78, 5) is 12.3. The quantitative estimate of drug-likeness (QED) is 0.811. The van der Waals surface area contributed by atoms with Gasteiger partial charge in [-0.1, -0.05) is 23.7 Å². The molecule has 26 heavy (non-hydrogen) atoms. The zero-order valence-corrected chi connectivity index (χ0v) is 15.7. The summed E-state index contributed by atoms with van der Waals surface area (Å²) in [5, 5.41) is 3.15. The van der Waals surface area contributed by atoms with E-state index in [1.54, 1.807) is 37.3 Å². The molecule has 2 aromatic carbocycles. The second-order valence-corrected chi connectivity index (χ2v) is 8.17. The standard InChI is InChI=1S/C18H19ClN2O4S/c1-12-7-8-14(20-18(22)16-6-3-9-25-16)11-17(12)26(23,24)21-15-5-2-4-13(19)10-15/h2,4-5,7-8,10-11,16,21H,3,6,9H2,1H3,(H,20,22). The van der Waals surface area contributed by atoms with Crippen molar-refractivity contribution in [3.8, 4) is 0 Å². The minimum Gasteiger partial charge on any atom is -0.368 e. The van der Waals surface area contributed by atoms with E-state index in [-0.39, 0.29) is 10.8 Å². The zero-order valence-electron chi connectivity index (χ0n) is 14.2. The van der Waals surface area contributed by atoms with Gasteiger partial charge in [0, 0.05) is 17.3 Å². The lowest BCUT2D eigenvalue weighted by Crippen LogP contribution is -2.27. The van der Waals surface area contributed by atoms with Crippen LogP contribution in [0.25, 0.3) is 0 Å². The Kier molecular flexibility index (Phi) is 5.50. The Morgan fingerprint density at radius 1 is 1.19 bits per heavy atom. The third kappa shape index (κ3) is 4.35. The third-order valence-corrected chi connectivity index (χ3v) is 5.80. The molecule has 1 aliphatic rings. The van der Waals surface area contributed by atoms with E-state index in [2.05, 4.69) is 10.0 Å². The molecule has 2 N–H and O–H groups in total. The number of amides is 1. The molecule has 1 aliphatic heterocycles. The lowest BCUT2D eigenvalue weighted by molar-refractivity contribution is -0.124. The summed E-state index contributed by atoms with van der Waals surface area (Å²) in [5.41, 5.74) is 1.34. The molecule has 1 unspecified atom stereocenters. The van der Waals surface area contributed by atoms with Crippen molar-refractivity contribution >= 4 is 38.9 Å². The number of rotatable bonds is 5. The molecule has 0 radical (unpaired) electrons. The first-order valence-electron chi connectivity index (χ1n) is 8.17. The van der Waals surface area contributed by atoms with E-state index >= 15 is 0 Å². The first-order chi connectivity index (χ1) is 12.3. The zero-order chi connectivity index (χ0) is 18.7. The second-order valence-electron chi connectivity index (χ2n) is 6.09. The van der Waals surface area contributed by atoms with Crippen molar-refractivity contribution in [2.45, 2.75) is 30.8 Å². The summed E-state index contributed by atoms with van der Waals surface area (Å²) >= 11 is 5.90. The van der Waals surface area contributed by atoms with Crippen LogP contribution < -0.4 is 10.0 Å². The van der Waals surface area contributed by atoms with Gasteiger partial charge in [-0.3, -0.25) is 9.52 Å². The first-order valence-corrected chi connectivity index (χ1v) is 10.0. The summed E-state index contributed by atoms with van der Waals surface area (Å²) in [7, 11) is -3.83. The Morgan fingerprint density at radius 3 is 2.69 bits per heavy atom. The molecule has 0 aromatic heterocycles. The summed E-state index contributed by atoms with van der Waals surface area (Å²) in [6, 6.07) is 11.2. The molecule has 1 atom stereocenters. The van der Waals surface area contributed by atoms with E-state index in [0.717, 1.165) is 6.42 Å². The molecule has 2 aromatic rings. The van der Waals surface area contributed by atoms with Crippen LogP contribution >= 0.6 is 11.6 Å². The Labute approximate surface area is 157 Å².